The molecule has 1 aromatic carbocycles. The highest BCUT2D eigenvalue weighted by Gasteiger charge is 2.30. The lowest BCUT2D eigenvalue weighted by molar-refractivity contribution is -0.921. The average molecular weight is 380 g/mol. The number of rotatable bonds is 5. The molecule has 8 heteroatoms. The van der Waals surface area contributed by atoms with Gasteiger partial charge in [-0.2, -0.15) is 9.78 Å². The third kappa shape index (κ3) is 4.31. The van der Waals surface area contributed by atoms with E-state index in [-0.39, 0.29) is 11.2 Å². The SMILES string of the molecule is COC(=O)[C@@H]1C[NH+](Cn2nc(C)n(Cc3ccccc3)c2=S)CCS1. The number of methoxy groups -OCH3 is 1. The third-order valence-electron chi connectivity index (χ3n) is 4.38. The maximum Gasteiger partial charge on any atom is 0.324 e. The molecular formula is C17H23N4O2S2+. The molecule has 2 atom stereocenters. The summed E-state index contributed by atoms with van der Waals surface area (Å²) in [4.78, 5) is 13.1. The van der Waals surface area contributed by atoms with Gasteiger partial charge >= 0.3 is 5.97 Å². The van der Waals surface area contributed by atoms with Gasteiger partial charge in [0, 0.05) is 5.75 Å². The number of aryl methyl sites for hydroxylation is 1. The molecule has 1 saturated heterocycles. The quantitative estimate of drug-likeness (QED) is 0.618. The van der Waals surface area contributed by atoms with Crippen LogP contribution in [0.2, 0.25) is 0 Å². The highest BCUT2D eigenvalue weighted by Crippen LogP contribution is 2.13. The maximum atomic E-state index is 11.8. The first kappa shape index (κ1) is 18.2. The van der Waals surface area contributed by atoms with E-state index in [4.69, 9.17) is 17.0 Å². The van der Waals surface area contributed by atoms with Crippen LogP contribution in [0.4, 0.5) is 0 Å². The molecule has 2 heterocycles. The Morgan fingerprint density at radius 3 is 2.92 bits per heavy atom. The van der Waals surface area contributed by atoms with Gasteiger partial charge in [-0.05, 0) is 24.7 Å². The maximum absolute atomic E-state index is 11.8. The molecule has 1 aliphatic rings. The zero-order valence-corrected chi connectivity index (χ0v) is 16.1. The van der Waals surface area contributed by atoms with E-state index in [2.05, 4.69) is 21.8 Å². The molecule has 25 heavy (non-hydrogen) atoms. The van der Waals surface area contributed by atoms with E-state index in [1.54, 1.807) is 11.8 Å². The summed E-state index contributed by atoms with van der Waals surface area (Å²) in [5.74, 6) is 1.70. The Labute approximate surface area is 156 Å². The Morgan fingerprint density at radius 2 is 2.20 bits per heavy atom. The van der Waals surface area contributed by atoms with E-state index in [1.165, 1.54) is 17.6 Å². The summed E-state index contributed by atoms with van der Waals surface area (Å²) in [5, 5.41) is 4.52. The molecule has 1 N–H and O–H groups in total. The van der Waals surface area contributed by atoms with E-state index < -0.39 is 0 Å². The fourth-order valence-corrected chi connectivity index (χ4v) is 4.59. The molecule has 0 bridgehead atoms. The van der Waals surface area contributed by atoms with Crippen molar-refractivity contribution in [2.45, 2.75) is 25.4 Å². The molecule has 0 aliphatic carbocycles. The highest BCUT2D eigenvalue weighted by molar-refractivity contribution is 8.00. The number of carbonyl (C=O) groups is 1. The summed E-state index contributed by atoms with van der Waals surface area (Å²) in [7, 11) is 1.45. The number of benzene rings is 1. The lowest BCUT2D eigenvalue weighted by atomic mass is 10.2. The fourth-order valence-electron chi connectivity index (χ4n) is 3.01. The Morgan fingerprint density at radius 1 is 1.44 bits per heavy atom. The van der Waals surface area contributed by atoms with Gasteiger partial charge in [-0.1, -0.05) is 30.3 Å². The Kier molecular flexibility index (Phi) is 5.93. The van der Waals surface area contributed by atoms with Crippen LogP contribution in [-0.2, 0) is 22.7 Å². The van der Waals surface area contributed by atoms with Crippen molar-refractivity contribution >= 4 is 29.9 Å². The topological polar surface area (TPSA) is 53.5 Å². The van der Waals surface area contributed by atoms with E-state index >= 15 is 0 Å². The van der Waals surface area contributed by atoms with Crippen LogP contribution < -0.4 is 4.90 Å². The van der Waals surface area contributed by atoms with Gasteiger partial charge in [0.05, 0.1) is 20.2 Å². The molecular weight excluding hydrogens is 356 g/mol. The zero-order chi connectivity index (χ0) is 17.8. The second-order valence-electron chi connectivity index (χ2n) is 6.15. The van der Waals surface area contributed by atoms with Crippen LogP contribution in [0.3, 0.4) is 0 Å². The van der Waals surface area contributed by atoms with Crippen molar-refractivity contribution in [3.8, 4) is 0 Å². The molecule has 0 amide bonds. The number of nitrogens with one attached hydrogen (secondary N) is 1. The van der Waals surface area contributed by atoms with Crippen molar-refractivity contribution in [1.82, 2.24) is 14.3 Å². The van der Waals surface area contributed by atoms with Crippen molar-refractivity contribution < 1.29 is 14.4 Å². The molecule has 0 saturated carbocycles. The van der Waals surface area contributed by atoms with Gasteiger partial charge < -0.3 is 9.64 Å². The van der Waals surface area contributed by atoms with E-state index in [0.717, 1.165) is 36.0 Å². The molecule has 1 fully saturated rings. The minimum Gasteiger partial charge on any atom is -0.468 e. The number of thioether (sulfide) groups is 1. The molecule has 1 aromatic heterocycles. The van der Waals surface area contributed by atoms with Gasteiger partial charge in [-0.15, -0.1) is 11.8 Å². The van der Waals surface area contributed by atoms with Crippen molar-refractivity contribution in [2.24, 2.45) is 0 Å². The Balaban J connectivity index is 1.72. The van der Waals surface area contributed by atoms with Crippen LogP contribution in [0.5, 0.6) is 0 Å². The molecule has 134 valence electrons. The highest BCUT2D eigenvalue weighted by atomic mass is 32.2. The fraction of sp³-hybridized carbons (Fsp3) is 0.471. The normalized spacial score (nSPS) is 20.4. The zero-order valence-electron chi connectivity index (χ0n) is 14.5. The summed E-state index contributed by atoms with van der Waals surface area (Å²) < 4.78 is 9.54. The van der Waals surface area contributed by atoms with Crippen LogP contribution in [0.25, 0.3) is 0 Å². The second kappa shape index (κ2) is 8.16. The van der Waals surface area contributed by atoms with Crippen molar-refractivity contribution in [1.29, 1.82) is 0 Å². The second-order valence-corrected chi connectivity index (χ2v) is 7.82. The first-order valence-electron chi connectivity index (χ1n) is 8.29. The lowest BCUT2D eigenvalue weighted by Crippen LogP contribution is -3.14. The predicted molar refractivity (Wildman–Crippen MR) is 100 cm³/mol. The minimum atomic E-state index is -0.142. The van der Waals surface area contributed by atoms with Gasteiger partial charge in [0.25, 0.3) is 0 Å². The number of ether oxygens (including phenoxy) is 1. The van der Waals surface area contributed by atoms with Gasteiger partial charge in [0.2, 0.25) is 4.77 Å². The number of hydrogen-bond donors (Lipinski definition) is 1. The number of nitrogens with zero attached hydrogens (tertiary/aromatic N) is 3. The van der Waals surface area contributed by atoms with Crippen LogP contribution >= 0.6 is 24.0 Å². The smallest absolute Gasteiger partial charge is 0.324 e. The largest absolute Gasteiger partial charge is 0.468 e. The first-order valence-corrected chi connectivity index (χ1v) is 9.75. The van der Waals surface area contributed by atoms with Crippen molar-refractivity contribution in [3.05, 3.63) is 46.5 Å². The predicted octanol–water partition coefficient (Wildman–Crippen LogP) is 0.902. The Bertz CT molecular complexity index is 788. The number of hydrogen-bond acceptors (Lipinski definition) is 5. The van der Waals surface area contributed by atoms with Crippen LogP contribution in [-0.4, -0.2) is 51.5 Å². The molecule has 6 nitrogen and oxygen atoms in total. The van der Waals surface area contributed by atoms with Gasteiger partial charge in [-0.3, -0.25) is 9.36 Å². The van der Waals surface area contributed by atoms with Crippen molar-refractivity contribution in [3.63, 3.8) is 0 Å². The Hall–Kier alpha value is -1.64. The average Bonchev–Trinajstić information content (AvgIpc) is 2.89. The van der Waals surface area contributed by atoms with E-state index in [0.29, 0.717) is 6.67 Å². The van der Waals surface area contributed by atoms with Crippen LogP contribution in [0.1, 0.15) is 11.4 Å². The van der Waals surface area contributed by atoms with E-state index in [9.17, 15) is 4.79 Å². The van der Waals surface area contributed by atoms with E-state index in [1.807, 2.05) is 29.8 Å². The summed E-state index contributed by atoms with van der Waals surface area (Å²) >= 11 is 7.31. The summed E-state index contributed by atoms with van der Waals surface area (Å²) in [5.41, 5.74) is 1.20. The standard InChI is InChI=1S/C17H22N4O2S2/c1-13-18-21(12-19-8-9-25-15(11-19)16(22)23-2)17(24)20(13)10-14-6-4-3-5-7-14/h3-7,15H,8-12H2,1-2H3/p+1/t15-/m0/s1. The molecule has 3 rings (SSSR count). The molecule has 0 spiro atoms. The van der Waals surface area contributed by atoms with Crippen LogP contribution in [0.15, 0.2) is 30.3 Å². The van der Waals surface area contributed by atoms with Crippen LogP contribution in [0, 0.1) is 11.7 Å². The molecule has 2 aromatic rings. The molecule has 1 unspecified atom stereocenters. The summed E-state index contributed by atoms with van der Waals surface area (Å²) in [6.07, 6.45) is 0. The molecule has 0 radical (unpaired) electrons. The minimum absolute atomic E-state index is 0.101. The third-order valence-corrected chi connectivity index (χ3v) is 6.01. The molecule has 1 aliphatic heterocycles. The number of esters is 1. The van der Waals surface area contributed by atoms with Gasteiger partial charge in [0.15, 0.2) is 11.9 Å². The number of aromatic nitrogens is 3. The lowest BCUT2D eigenvalue weighted by Gasteiger charge is -2.27. The monoisotopic (exact) mass is 379 g/mol. The summed E-state index contributed by atoms with van der Waals surface area (Å²) in [6, 6.07) is 10.2. The van der Waals surface area contributed by atoms with Gasteiger partial charge in [-0.25, -0.2) is 0 Å². The number of carbonyl (C=O) groups excluding carboxylic acids is 1. The van der Waals surface area contributed by atoms with Crippen molar-refractivity contribution in [2.75, 3.05) is 26.0 Å². The summed E-state index contributed by atoms with van der Waals surface area (Å²) in [6.45, 7) is 5.11. The van der Waals surface area contributed by atoms with Gasteiger partial charge in [0.1, 0.15) is 12.4 Å². The first-order chi connectivity index (χ1) is 12.1. The number of quaternary nitrogens is 1.